The maximum Gasteiger partial charge on any atom is 0.153 e. The molecule has 1 aliphatic rings. The van der Waals surface area contributed by atoms with Gasteiger partial charge in [-0.3, -0.25) is 0 Å². The van der Waals surface area contributed by atoms with Crippen LogP contribution >= 0.6 is 9.03 Å². The van der Waals surface area contributed by atoms with E-state index in [0.29, 0.717) is 19.0 Å². The van der Waals surface area contributed by atoms with Crippen molar-refractivity contribution in [1.82, 2.24) is 9.97 Å². The lowest BCUT2D eigenvalue weighted by Gasteiger charge is -2.17. The van der Waals surface area contributed by atoms with Crippen molar-refractivity contribution in [2.75, 3.05) is 25.1 Å². The van der Waals surface area contributed by atoms with E-state index < -0.39 is 9.03 Å². The molecule has 6 heteroatoms. The molecule has 19 heavy (non-hydrogen) atoms. The minimum atomic E-state index is -0.463. The Hall–Kier alpha value is -1.03. The third-order valence-electron chi connectivity index (χ3n) is 2.83. The molecule has 2 rings (SSSR count). The number of aromatic nitrogens is 2. The standard InChI is InChI=1S/C9H14N3O2P.C4H8/c1-3-8-10-5-4-9(11-8)12(2)6-7-14-15-13;1-2-4-3-1/h3-5,13,15H,1,6-7H2,2H3;1-4H2. The van der Waals surface area contributed by atoms with Crippen LogP contribution in [0.5, 0.6) is 0 Å². The zero-order chi connectivity index (χ0) is 13.9. The van der Waals surface area contributed by atoms with Gasteiger partial charge in [0.2, 0.25) is 0 Å². The van der Waals surface area contributed by atoms with Crippen LogP contribution in [0.25, 0.3) is 6.08 Å². The summed E-state index contributed by atoms with van der Waals surface area (Å²) in [5, 5.41) is 0. The molecule has 1 unspecified atom stereocenters. The molecular weight excluding hydrogens is 261 g/mol. The molecule has 1 heterocycles. The largest absolute Gasteiger partial charge is 0.357 e. The van der Waals surface area contributed by atoms with Gasteiger partial charge in [-0.05, 0) is 12.1 Å². The van der Waals surface area contributed by atoms with Gasteiger partial charge < -0.3 is 14.3 Å². The van der Waals surface area contributed by atoms with E-state index in [1.165, 1.54) is 25.7 Å². The van der Waals surface area contributed by atoms with Crippen molar-refractivity contribution >= 4 is 20.9 Å². The Kier molecular flexibility index (Phi) is 8.30. The SMILES string of the molecule is C1CCC1.C=Cc1nccc(N(C)CCOPO)n1. The zero-order valence-electron chi connectivity index (χ0n) is 11.4. The summed E-state index contributed by atoms with van der Waals surface area (Å²) in [4.78, 5) is 18.7. The Morgan fingerprint density at radius 1 is 1.47 bits per heavy atom. The third-order valence-corrected chi connectivity index (χ3v) is 3.16. The highest BCUT2D eigenvalue weighted by atomic mass is 31.1. The smallest absolute Gasteiger partial charge is 0.153 e. The van der Waals surface area contributed by atoms with Crippen LogP contribution in [0.3, 0.4) is 0 Å². The Morgan fingerprint density at radius 2 is 2.16 bits per heavy atom. The molecule has 0 bridgehead atoms. The number of hydrogen-bond acceptors (Lipinski definition) is 5. The summed E-state index contributed by atoms with van der Waals surface area (Å²) in [7, 11) is 1.44. The number of anilines is 1. The first kappa shape index (κ1) is 16.0. The van der Waals surface area contributed by atoms with Gasteiger partial charge in [0.05, 0.1) is 6.61 Å². The minimum Gasteiger partial charge on any atom is -0.357 e. The fraction of sp³-hybridized carbons (Fsp3) is 0.538. The first-order valence-electron chi connectivity index (χ1n) is 6.45. The Labute approximate surface area is 116 Å². The normalized spacial score (nSPS) is 13.6. The first-order chi connectivity index (χ1) is 9.27. The quantitative estimate of drug-likeness (QED) is 0.642. The summed E-state index contributed by atoms with van der Waals surface area (Å²) in [6.45, 7) is 4.75. The lowest BCUT2D eigenvalue weighted by molar-refractivity contribution is 0.334. The molecule has 5 nitrogen and oxygen atoms in total. The molecule has 0 aromatic carbocycles. The highest BCUT2D eigenvalue weighted by Gasteiger charge is 2.02. The van der Waals surface area contributed by atoms with Gasteiger partial charge in [-0.1, -0.05) is 32.3 Å². The van der Waals surface area contributed by atoms with Gasteiger partial charge in [0.15, 0.2) is 14.9 Å². The van der Waals surface area contributed by atoms with Gasteiger partial charge in [-0.15, -0.1) is 0 Å². The lowest BCUT2D eigenvalue weighted by atomic mass is 10.0. The van der Waals surface area contributed by atoms with Crippen LogP contribution in [0.2, 0.25) is 0 Å². The minimum absolute atomic E-state index is 0.463. The Bertz CT molecular complexity index is 369. The summed E-state index contributed by atoms with van der Waals surface area (Å²) < 4.78 is 4.86. The van der Waals surface area contributed by atoms with E-state index >= 15 is 0 Å². The molecule has 0 aliphatic heterocycles. The molecule has 0 saturated heterocycles. The van der Waals surface area contributed by atoms with Crippen molar-refractivity contribution in [3.8, 4) is 0 Å². The highest BCUT2D eigenvalue weighted by molar-refractivity contribution is 7.24. The van der Waals surface area contributed by atoms with Crippen LogP contribution in [-0.2, 0) is 4.52 Å². The van der Waals surface area contributed by atoms with E-state index in [9.17, 15) is 0 Å². The number of likely N-dealkylation sites (N-methyl/N-ethyl adjacent to an activating group) is 1. The predicted octanol–water partition coefficient (Wildman–Crippen LogP) is 2.63. The van der Waals surface area contributed by atoms with Crippen LogP contribution in [-0.4, -0.2) is 35.1 Å². The Morgan fingerprint density at radius 3 is 2.68 bits per heavy atom. The topological polar surface area (TPSA) is 58.5 Å². The second-order valence-corrected chi connectivity index (χ2v) is 4.72. The van der Waals surface area contributed by atoms with E-state index in [4.69, 9.17) is 9.42 Å². The highest BCUT2D eigenvalue weighted by Crippen LogP contribution is 2.15. The molecule has 0 radical (unpaired) electrons. The number of rotatable bonds is 6. The second-order valence-electron chi connectivity index (χ2n) is 4.25. The predicted molar refractivity (Wildman–Crippen MR) is 80.3 cm³/mol. The van der Waals surface area contributed by atoms with Crippen LogP contribution in [0.4, 0.5) is 5.82 Å². The summed E-state index contributed by atoms with van der Waals surface area (Å²) in [6, 6.07) is 1.81. The fourth-order valence-electron chi connectivity index (χ4n) is 1.27. The molecule has 0 amide bonds. The van der Waals surface area contributed by atoms with Crippen molar-refractivity contribution in [2.45, 2.75) is 25.7 Å². The van der Waals surface area contributed by atoms with Crippen LogP contribution < -0.4 is 4.90 Å². The average molecular weight is 283 g/mol. The molecule has 1 saturated carbocycles. The fourth-order valence-corrected chi connectivity index (χ4v) is 1.45. The molecular formula is C13H22N3O2P. The molecule has 1 aliphatic carbocycles. The summed E-state index contributed by atoms with van der Waals surface area (Å²) in [6.07, 6.45) is 9.29. The summed E-state index contributed by atoms with van der Waals surface area (Å²) >= 11 is 0. The maximum atomic E-state index is 8.48. The van der Waals surface area contributed by atoms with E-state index in [0.717, 1.165) is 5.82 Å². The van der Waals surface area contributed by atoms with E-state index in [-0.39, 0.29) is 0 Å². The van der Waals surface area contributed by atoms with Gasteiger partial charge in [0.25, 0.3) is 0 Å². The van der Waals surface area contributed by atoms with Gasteiger partial charge >= 0.3 is 0 Å². The Balaban J connectivity index is 0.000000382. The molecule has 1 N–H and O–H groups in total. The average Bonchev–Trinajstić information content (AvgIpc) is 2.37. The number of hydrogen-bond donors (Lipinski definition) is 1. The van der Waals surface area contributed by atoms with Gasteiger partial charge in [0, 0.05) is 19.8 Å². The first-order valence-corrected chi connectivity index (χ1v) is 7.31. The van der Waals surface area contributed by atoms with Crippen LogP contribution in [0, 0.1) is 0 Å². The third kappa shape index (κ3) is 6.62. The summed E-state index contributed by atoms with van der Waals surface area (Å²) in [5.74, 6) is 1.41. The van der Waals surface area contributed by atoms with Crippen molar-refractivity contribution in [3.63, 3.8) is 0 Å². The van der Waals surface area contributed by atoms with E-state index in [1.807, 2.05) is 18.0 Å². The van der Waals surface area contributed by atoms with Crippen molar-refractivity contribution in [3.05, 3.63) is 24.7 Å². The van der Waals surface area contributed by atoms with Crippen molar-refractivity contribution < 1.29 is 9.42 Å². The molecule has 1 atom stereocenters. The van der Waals surface area contributed by atoms with Crippen LogP contribution in [0.1, 0.15) is 31.5 Å². The van der Waals surface area contributed by atoms with E-state index in [2.05, 4.69) is 16.5 Å². The van der Waals surface area contributed by atoms with Gasteiger partial charge in [-0.2, -0.15) is 0 Å². The second kappa shape index (κ2) is 9.84. The monoisotopic (exact) mass is 283 g/mol. The number of nitrogens with zero attached hydrogens (tertiary/aromatic N) is 3. The van der Waals surface area contributed by atoms with Crippen molar-refractivity contribution in [2.24, 2.45) is 0 Å². The maximum absolute atomic E-state index is 8.48. The summed E-state index contributed by atoms with van der Waals surface area (Å²) in [5.41, 5.74) is 0. The van der Waals surface area contributed by atoms with Crippen molar-refractivity contribution in [1.29, 1.82) is 0 Å². The van der Waals surface area contributed by atoms with E-state index in [1.54, 1.807) is 12.3 Å². The van der Waals surface area contributed by atoms with Crippen LogP contribution in [0.15, 0.2) is 18.8 Å². The zero-order valence-corrected chi connectivity index (χ0v) is 12.4. The molecule has 0 spiro atoms. The molecule has 1 aromatic heterocycles. The lowest BCUT2D eigenvalue weighted by Crippen LogP contribution is -2.22. The molecule has 1 aromatic rings. The van der Waals surface area contributed by atoms with Gasteiger partial charge in [-0.25, -0.2) is 9.97 Å². The molecule has 1 fully saturated rings. The molecule has 106 valence electrons. The van der Waals surface area contributed by atoms with Gasteiger partial charge in [0.1, 0.15) is 5.82 Å².